The van der Waals surface area contributed by atoms with Gasteiger partial charge in [0.2, 0.25) is 21.8 Å². The van der Waals surface area contributed by atoms with Crippen molar-refractivity contribution in [1.29, 1.82) is 0 Å². The molecule has 1 fully saturated rings. The van der Waals surface area contributed by atoms with Crippen LogP contribution in [0.3, 0.4) is 0 Å². The molecule has 0 unspecified atom stereocenters. The van der Waals surface area contributed by atoms with Gasteiger partial charge < -0.3 is 10.2 Å². The smallest absolute Gasteiger partial charge is 0.244 e. The highest BCUT2D eigenvalue weighted by Gasteiger charge is 2.34. The molecule has 38 heavy (non-hydrogen) atoms. The van der Waals surface area contributed by atoms with Crippen LogP contribution < -0.4 is 9.62 Å². The molecule has 0 spiro atoms. The number of nitrogens with one attached hydrogen (secondary N) is 1. The molecule has 0 aliphatic heterocycles. The lowest BCUT2D eigenvalue weighted by Gasteiger charge is -2.34. The van der Waals surface area contributed by atoms with Gasteiger partial charge in [-0.1, -0.05) is 67.6 Å². The Kier molecular flexibility index (Phi) is 10.5. The van der Waals surface area contributed by atoms with Gasteiger partial charge in [0, 0.05) is 28.2 Å². The largest absolute Gasteiger partial charge is 0.352 e. The number of rotatable bonds is 10. The summed E-state index contributed by atoms with van der Waals surface area (Å²) in [6.07, 6.45) is 6.48. The molecule has 3 rings (SSSR count). The maximum Gasteiger partial charge on any atom is 0.244 e. The molecular formula is C28H37Cl2N3O4S. The Labute approximate surface area is 236 Å². The van der Waals surface area contributed by atoms with Crippen molar-refractivity contribution < 1.29 is 18.0 Å². The SMILES string of the molecule is CC[C@@H](C(=O)NC1CCCCC1)N(Cc1c(Cl)cccc1Cl)C(=O)CN(c1cccc(C)c1C)S(C)(=O)=O. The van der Waals surface area contributed by atoms with Crippen LogP contribution in [0.1, 0.15) is 62.1 Å². The van der Waals surface area contributed by atoms with Crippen molar-refractivity contribution in [1.82, 2.24) is 10.2 Å². The number of sulfonamides is 1. The maximum atomic E-state index is 13.9. The predicted molar refractivity (Wildman–Crippen MR) is 154 cm³/mol. The molecule has 1 atom stereocenters. The summed E-state index contributed by atoms with van der Waals surface area (Å²) in [6, 6.07) is 9.62. The van der Waals surface area contributed by atoms with Gasteiger partial charge in [0.15, 0.2) is 0 Å². The van der Waals surface area contributed by atoms with Crippen molar-refractivity contribution in [3.05, 3.63) is 63.1 Å². The molecule has 0 radical (unpaired) electrons. The standard InChI is InChI=1S/C28H37Cl2N3O4S/c1-5-25(28(35)31-21-12-7-6-8-13-21)32(17-22-23(29)14-10-15-24(22)30)27(34)18-33(38(4,36)37)26-16-9-11-19(2)20(26)3/h9-11,14-16,21,25H,5-8,12-13,17-18H2,1-4H3,(H,31,35)/t25-/m0/s1. The molecule has 0 bridgehead atoms. The van der Waals surface area contributed by atoms with Crippen LogP contribution in [0.5, 0.6) is 0 Å². The third-order valence-electron chi connectivity index (χ3n) is 7.25. The fourth-order valence-electron chi connectivity index (χ4n) is 4.92. The second-order valence-corrected chi connectivity index (χ2v) is 12.7. The quantitative estimate of drug-likeness (QED) is 0.393. The number of aryl methyl sites for hydroxylation is 1. The van der Waals surface area contributed by atoms with Gasteiger partial charge in [-0.05, 0) is 62.4 Å². The van der Waals surface area contributed by atoms with E-state index in [9.17, 15) is 18.0 Å². The van der Waals surface area contributed by atoms with Crippen molar-refractivity contribution in [2.45, 2.75) is 77.9 Å². The summed E-state index contributed by atoms with van der Waals surface area (Å²) in [5.74, 6) is -0.772. The lowest BCUT2D eigenvalue weighted by Crippen LogP contribution is -2.54. The van der Waals surface area contributed by atoms with E-state index in [0.29, 0.717) is 27.7 Å². The first-order valence-corrected chi connectivity index (χ1v) is 15.6. The normalized spacial score (nSPS) is 15.1. The lowest BCUT2D eigenvalue weighted by atomic mass is 9.95. The van der Waals surface area contributed by atoms with Gasteiger partial charge in [0.05, 0.1) is 11.9 Å². The number of anilines is 1. The minimum Gasteiger partial charge on any atom is -0.352 e. The van der Waals surface area contributed by atoms with Crippen LogP contribution in [0.15, 0.2) is 36.4 Å². The number of carbonyl (C=O) groups excluding carboxylic acids is 2. The van der Waals surface area contributed by atoms with Gasteiger partial charge in [-0.3, -0.25) is 13.9 Å². The van der Waals surface area contributed by atoms with Gasteiger partial charge in [-0.2, -0.15) is 0 Å². The summed E-state index contributed by atoms with van der Waals surface area (Å²) >= 11 is 12.9. The average molecular weight is 583 g/mol. The summed E-state index contributed by atoms with van der Waals surface area (Å²) in [6.45, 7) is 5.05. The van der Waals surface area contributed by atoms with E-state index in [1.165, 1.54) is 4.90 Å². The zero-order valence-electron chi connectivity index (χ0n) is 22.5. The Hall–Kier alpha value is -2.29. The fourth-order valence-corrected chi connectivity index (χ4v) is 6.34. The van der Waals surface area contributed by atoms with Gasteiger partial charge in [0.25, 0.3) is 0 Å². The second-order valence-electron chi connectivity index (χ2n) is 9.98. The summed E-state index contributed by atoms with van der Waals surface area (Å²) < 4.78 is 26.9. The molecule has 2 aromatic carbocycles. The van der Waals surface area contributed by atoms with Gasteiger partial charge in [-0.15, -0.1) is 0 Å². The summed E-state index contributed by atoms with van der Waals surface area (Å²) in [5.41, 5.74) is 2.59. The third-order valence-corrected chi connectivity index (χ3v) is 9.09. The number of halogens is 2. The number of nitrogens with zero attached hydrogens (tertiary/aromatic N) is 2. The van der Waals surface area contributed by atoms with Crippen LogP contribution >= 0.6 is 23.2 Å². The monoisotopic (exact) mass is 581 g/mol. The van der Waals surface area contributed by atoms with E-state index in [4.69, 9.17) is 23.2 Å². The number of amides is 2. The van der Waals surface area contributed by atoms with E-state index in [-0.39, 0.29) is 18.5 Å². The first-order valence-electron chi connectivity index (χ1n) is 13.0. The molecule has 0 saturated heterocycles. The Balaban J connectivity index is 1.99. The van der Waals surface area contributed by atoms with Gasteiger partial charge in [-0.25, -0.2) is 8.42 Å². The van der Waals surface area contributed by atoms with Crippen LogP contribution in [0, 0.1) is 13.8 Å². The number of carbonyl (C=O) groups is 2. The van der Waals surface area contributed by atoms with E-state index >= 15 is 0 Å². The van der Waals surface area contributed by atoms with Crippen molar-refractivity contribution in [2.75, 3.05) is 17.1 Å². The van der Waals surface area contributed by atoms with Gasteiger partial charge >= 0.3 is 0 Å². The number of hydrogen-bond donors (Lipinski definition) is 1. The first-order chi connectivity index (χ1) is 17.9. The molecule has 1 aliphatic carbocycles. The van der Waals surface area contributed by atoms with E-state index in [2.05, 4.69) is 5.32 Å². The van der Waals surface area contributed by atoms with Crippen molar-refractivity contribution in [2.24, 2.45) is 0 Å². The molecule has 1 aliphatic rings. The minimum absolute atomic E-state index is 0.0294. The van der Waals surface area contributed by atoms with Crippen LogP contribution in [0.4, 0.5) is 5.69 Å². The minimum atomic E-state index is -3.82. The topological polar surface area (TPSA) is 86.8 Å². The van der Waals surface area contributed by atoms with Crippen LogP contribution in [0.2, 0.25) is 10.0 Å². The fraction of sp³-hybridized carbons (Fsp3) is 0.500. The van der Waals surface area contributed by atoms with Crippen LogP contribution in [0.25, 0.3) is 0 Å². The Morgan fingerprint density at radius 3 is 2.21 bits per heavy atom. The molecule has 0 heterocycles. The highest BCUT2D eigenvalue weighted by Crippen LogP contribution is 2.29. The molecule has 1 saturated carbocycles. The van der Waals surface area contributed by atoms with Crippen LogP contribution in [-0.2, 0) is 26.2 Å². The summed E-state index contributed by atoms with van der Waals surface area (Å²) in [5, 5.41) is 3.86. The summed E-state index contributed by atoms with van der Waals surface area (Å²) in [4.78, 5) is 28.9. The number of hydrogen-bond acceptors (Lipinski definition) is 4. The predicted octanol–water partition coefficient (Wildman–Crippen LogP) is 5.63. The molecule has 2 amide bonds. The highest BCUT2D eigenvalue weighted by atomic mass is 35.5. The van der Waals surface area contributed by atoms with Crippen molar-refractivity contribution in [3.8, 4) is 0 Å². The van der Waals surface area contributed by atoms with Crippen molar-refractivity contribution >= 4 is 50.7 Å². The molecule has 1 N–H and O–H groups in total. The zero-order chi connectivity index (χ0) is 28.0. The van der Waals surface area contributed by atoms with E-state index in [1.807, 2.05) is 26.8 Å². The van der Waals surface area contributed by atoms with Crippen molar-refractivity contribution in [3.63, 3.8) is 0 Å². The Morgan fingerprint density at radius 2 is 1.63 bits per heavy atom. The van der Waals surface area contributed by atoms with E-state index in [0.717, 1.165) is 53.8 Å². The third kappa shape index (κ3) is 7.42. The Bertz CT molecular complexity index is 1240. The van der Waals surface area contributed by atoms with E-state index in [1.54, 1.807) is 30.3 Å². The highest BCUT2D eigenvalue weighted by molar-refractivity contribution is 7.92. The van der Waals surface area contributed by atoms with Crippen LogP contribution in [-0.4, -0.2) is 50.0 Å². The van der Waals surface area contributed by atoms with E-state index < -0.39 is 28.5 Å². The summed E-state index contributed by atoms with van der Waals surface area (Å²) in [7, 11) is -3.82. The number of benzene rings is 2. The second kappa shape index (κ2) is 13.2. The zero-order valence-corrected chi connectivity index (χ0v) is 24.8. The molecule has 208 valence electrons. The molecule has 2 aromatic rings. The Morgan fingerprint density at radius 1 is 1.03 bits per heavy atom. The van der Waals surface area contributed by atoms with Gasteiger partial charge in [0.1, 0.15) is 12.6 Å². The molecular weight excluding hydrogens is 545 g/mol. The maximum absolute atomic E-state index is 13.9. The lowest BCUT2D eigenvalue weighted by molar-refractivity contribution is -0.140. The molecule has 7 nitrogen and oxygen atoms in total. The molecule has 10 heteroatoms. The average Bonchev–Trinajstić information content (AvgIpc) is 2.86. The first kappa shape index (κ1) is 30.3. The molecule has 0 aromatic heterocycles.